The Morgan fingerprint density at radius 2 is 1.71 bits per heavy atom. The number of hydrogen-bond acceptors (Lipinski definition) is 3. The second-order valence-electron chi connectivity index (χ2n) is 5.01. The lowest BCUT2D eigenvalue weighted by atomic mass is 10.1. The van der Waals surface area contributed by atoms with Gasteiger partial charge in [0.15, 0.2) is 0 Å². The van der Waals surface area contributed by atoms with Crippen molar-refractivity contribution in [3.05, 3.63) is 53.6 Å². The summed E-state index contributed by atoms with van der Waals surface area (Å²) >= 11 is 0. The number of rotatable bonds is 5. The van der Waals surface area contributed by atoms with E-state index in [0.717, 1.165) is 30.0 Å². The normalized spacial score (nSPS) is 10.0. The van der Waals surface area contributed by atoms with Crippen LogP contribution in [0.25, 0.3) is 0 Å². The Hall–Kier alpha value is -2.47. The van der Waals surface area contributed by atoms with Gasteiger partial charge in [0.05, 0.1) is 11.3 Å². The number of nitrogens with zero attached hydrogens (tertiary/aromatic N) is 2. The molecule has 2 rings (SSSR count). The van der Waals surface area contributed by atoms with E-state index in [4.69, 9.17) is 0 Å². The van der Waals surface area contributed by atoms with Gasteiger partial charge < -0.3 is 10.2 Å². The fourth-order valence-electron chi connectivity index (χ4n) is 2.36. The van der Waals surface area contributed by atoms with E-state index in [9.17, 15) is 5.26 Å². The second kappa shape index (κ2) is 6.81. The van der Waals surface area contributed by atoms with Crippen molar-refractivity contribution >= 4 is 17.1 Å². The fourth-order valence-corrected chi connectivity index (χ4v) is 2.36. The van der Waals surface area contributed by atoms with Crippen LogP contribution in [0.15, 0.2) is 42.5 Å². The van der Waals surface area contributed by atoms with Crippen molar-refractivity contribution in [3.8, 4) is 6.07 Å². The molecule has 1 N–H and O–H groups in total. The molecule has 0 saturated heterocycles. The summed E-state index contributed by atoms with van der Waals surface area (Å²) in [6.07, 6.45) is 0. The minimum absolute atomic E-state index is 0.661. The minimum Gasteiger partial charge on any atom is -0.372 e. The lowest BCUT2D eigenvalue weighted by Gasteiger charge is -2.21. The molecule has 0 bridgehead atoms. The average Bonchev–Trinajstić information content (AvgIpc) is 2.50. The molecule has 0 aliphatic heterocycles. The van der Waals surface area contributed by atoms with Crippen molar-refractivity contribution in [2.24, 2.45) is 0 Å². The van der Waals surface area contributed by atoms with Crippen LogP contribution < -0.4 is 10.2 Å². The van der Waals surface area contributed by atoms with Gasteiger partial charge in [-0.3, -0.25) is 0 Å². The fraction of sp³-hybridized carbons (Fsp3) is 0.278. The topological polar surface area (TPSA) is 39.1 Å². The highest BCUT2D eigenvalue weighted by molar-refractivity contribution is 5.68. The van der Waals surface area contributed by atoms with Crippen LogP contribution in [0.5, 0.6) is 0 Å². The molecule has 2 aromatic rings. The zero-order valence-corrected chi connectivity index (χ0v) is 12.9. The highest BCUT2D eigenvalue weighted by atomic mass is 15.1. The van der Waals surface area contributed by atoms with Crippen molar-refractivity contribution in [3.63, 3.8) is 0 Å². The third-order valence-corrected chi connectivity index (χ3v) is 3.57. The van der Waals surface area contributed by atoms with Gasteiger partial charge in [-0.25, -0.2) is 0 Å². The first-order valence-corrected chi connectivity index (χ1v) is 7.30. The lowest BCUT2D eigenvalue weighted by molar-refractivity contribution is 0.866. The van der Waals surface area contributed by atoms with Crippen LogP contribution in [-0.4, -0.2) is 13.1 Å². The van der Waals surface area contributed by atoms with Crippen molar-refractivity contribution in [1.82, 2.24) is 0 Å². The van der Waals surface area contributed by atoms with Gasteiger partial charge in [-0.15, -0.1) is 0 Å². The molecule has 0 unspecified atom stereocenters. The number of nitrogens with one attached hydrogen (secondary N) is 1. The van der Waals surface area contributed by atoms with E-state index in [1.54, 1.807) is 0 Å². The van der Waals surface area contributed by atoms with E-state index in [0.29, 0.717) is 5.56 Å². The predicted octanol–water partition coefficient (Wildman–Crippen LogP) is 4.46. The lowest BCUT2D eigenvalue weighted by Crippen LogP contribution is -2.21. The Bertz CT molecular complexity index is 635. The summed E-state index contributed by atoms with van der Waals surface area (Å²) in [6, 6.07) is 16.3. The molecule has 0 aromatic heterocycles. The van der Waals surface area contributed by atoms with E-state index in [1.165, 1.54) is 5.69 Å². The Balaban J connectivity index is 2.21. The van der Waals surface area contributed by atoms with Gasteiger partial charge in [0.1, 0.15) is 6.07 Å². The summed E-state index contributed by atoms with van der Waals surface area (Å²) in [5, 5.41) is 12.5. The van der Waals surface area contributed by atoms with Crippen LogP contribution in [0.3, 0.4) is 0 Å². The number of benzene rings is 2. The van der Waals surface area contributed by atoms with E-state index in [2.05, 4.69) is 54.4 Å². The van der Waals surface area contributed by atoms with Crippen LogP contribution >= 0.6 is 0 Å². The van der Waals surface area contributed by atoms with Crippen LogP contribution in [0, 0.1) is 18.3 Å². The van der Waals surface area contributed by atoms with E-state index in [1.807, 2.05) is 25.1 Å². The summed E-state index contributed by atoms with van der Waals surface area (Å²) in [6.45, 7) is 8.33. The second-order valence-corrected chi connectivity index (χ2v) is 5.01. The molecular weight excluding hydrogens is 258 g/mol. The van der Waals surface area contributed by atoms with Gasteiger partial charge in [0.25, 0.3) is 0 Å². The standard InChI is InChI=1S/C18H21N3/c1-4-21(5-2)17-10-8-16(9-11-17)20-18-12-14(3)6-7-15(18)13-19/h6-12,20H,4-5H2,1-3H3. The molecule has 21 heavy (non-hydrogen) atoms. The van der Waals surface area contributed by atoms with Crippen molar-refractivity contribution < 1.29 is 0 Å². The molecule has 0 fully saturated rings. The first-order valence-electron chi connectivity index (χ1n) is 7.30. The number of anilines is 3. The van der Waals surface area contributed by atoms with Crippen LogP contribution in [0.4, 0.5) is 17.1 Å². The molecule has 0 radical (unpaired) electrons. The van der Waals surface area contributed by atoms with Gasteiger partial charge >= 0.3 is 0 Å². The van der Waals surface area contributed by atoms with Crippen LogP contribution in [0.1, 0.15) is 25.0 Å². The van der Waals surface area contributed by atoms with E-state index >= 15 is 0 Å². The molecule has 3 heteroatoms. The summed E-state index contributed by atoms with van der Waals surface area (Å²) in [5.41, 5.74) is 4.86. The number of hydrogen-bond donors (Lipinski definition) is 1. The van der Waals surface area contributed by atoms with Gasteiger partial charge in [-0.1, -0.05) is 6.07 Å². The number of aryl methyl sites for hydroxylation is 1. The van der Waals surface area contributed by atoms with Crippen molar-refractivity contribution in [2.75, 3.05) is 23.3 Å². The molecule has 3 nitrogen and oxygen atoms in total. The molecule has 0 aliphatic carbocycles. The SMILES string of the molecule is CCN(CC)c1ccc(Nc2cc(C)ccc2C#N)cc1. The molecule has 0 atom stereocenters. The van der Waals surface area contributed by atoms with Gasteiger partial charge in [-0.05, 0) is 62.7 Å². The van der Waals surface area contributed by atoms with Crippen molar-refractivity contribution in [2.45, 2.75) is 20.8 Å². The van der Waals surface area contributed by atoms with Gasteiger partial charge in [-0.2, -0.15) is 5.26 Å². The largest absolute Gasteiger partial charge is 0.372 e. The maximum absolute atomic E-state index is 9.17. The summed E-state index contributed by atoms with van der Waals surface area (Å²) in [4.78, 5) is 2.30. The first kappa shape index (κ1) is 14.9. The molecule has 108 valence electrons. The third-order valence-electron chi connectivity index (χ3n) is 3.57. The predicted molar refractivity (Wildman–Crippen MR) is 89.2 cm³/mol. The summed E-state index contributed by atoms with van der Waals surface area (Å²) in [5.74, 6) is 0. The quantitative estimate of drug-likeness (QED) is 0.878. The maximum Gasteiger partial charge on any atom is 0.101 e. The molecule has 0 spiro atoms. The van der Waals surface area contributed by atoms with E-state index < -0.39 is 0 Å². The van der Waals surface area contributed by atoms with Crippen LogP contribution in [-0.2, 0) is 0 Å². The highest BCUT2D eigenvalue weighted by Crippen LogP contribution is 2.24. The Kier molecular flexibility index (Phi) is 4.84. The monoisotopic (exact) mass is 279 g/mol. The van der Waals surface area contributed by atoms with Gasteiger partial charge in [0.2, 0.25) is 0 Å². The third kappa shape index (κ3) is 3.55. The molecular formula is C18H21N3. The zero-order chi connectivity index (χ0) is 15.2. The minimum atomic E-state index is 0.661. The average molecular weight is 279 g/mol. The highest BCUT2D eigenvalue weighted by Gasteiger charge is 2.04. The summed E-state index contributed by atoms with van der Waals surface area (Å²) in [7, 11) is 0. The smallest absolute Gasteiger partial charge is 0.101 e. The summed E-state index contributed by atoms with van der Waals surface area (Å²) < 4.78 is 0. The van der Waals surface area contributed by atoms with E-state index in [-0.39, 0.29) is 0 Å². The Morgan fingerprint density at radius 1 is 1.05 bits per heavy atom. The molecule has 0 heterocycles. The molecule has 2 aromatic carbocycles. The Labute approximate surface area is 126 Å². The van der Waals surface area contributed by atoms with Gasteiger partial charge in [0, 0.05) is 24.5 Å². The Morgan fingerprint density at radius 3 is 2.29 bits per heavy atom. The van der Waals surface area contributed by atoms with Crippen molar-refractivity contribution in [1.29, 1.82) is 5.26 Å². The first-order chi connectivity index (χ1) is 10.2. The molecule has 0 saturated carbocycles. The molecule has 0 amide bonds. The molecule has 0 aliphatic rings. The zero-order valence-electron chi connectivity index (χ0n) is 12.9. The number of nitriles is 1. The maximum atomic E-state index is 9.17. The van der Waals surface area contributed by atoms with Crippen LogP contribution in [0.2, 0.25) is 0 Å².